The highest BCUT2D eigenvalue weighted by Gasteiger charge is 2.42. The fourth-order valence-electron chi connectivity index (χ4n) is 3.88. The van der Waals surface area contributed by atoms with Gasteiger partial charge in [0.25, 0.3) is 0 Å². The van der Waals surface area contributed by atoms with Crippen molar-refractivity contribution in [3.8, 4) is 0 Å². The van der Waals surface area contributed by atoms with Gasteiger partial charge in [-0.05, 0) is 51.5 Å². The van der Waals surface area contributed by atoms with E-state index in [9.17, 15) is 0 Å². The summed E-state index contributed by atoms with van der Waals surface area (Å²) in [7, 11) is 4.28. The molecule has 0 aromatic heterocycles. The van der Waals surface area contributed by atoms with Gasteiger partial charge in [-0.15, -0.1) is 0 Å². The largest absolute Gasteiger partial charge is 0.329 e. The van der Waals surface area contributed by atoms with Crippen LogP contribution in [-0.2, 0) is 12.8 Å². The Bertz CT molecular complexity index is 417. The lowest BCUT2D eigenvalue weighted by atomic mass is 9.91. The molecule has 0 radical (unpaired) electrons. The Morgan fingerprint density at radius 3 is 2.15 bits per heavy atom. The molecule has 2 N–H and O–H groups in total. The number of fused-ring (bicyclic) bond motifs is 1. The molecule has 1 atom stereocenters. The van der Waals surface area contributed by atoms with E-state index >= 15 is 0 Å². The van der Waals surface area contributed by atoms with Gasteiger partial charge in [-0.1, -0.05) is 31.2 Å². The average Bonchev–Trinajstić information content (AvgIpc) is 2.78. The molecule has 1 unspecified atom stereocenters. The molecule has 1 aliphatic rings. The van der Waals surface area contributed by atoms with E-state index in [1.165, 1.54) is 11.1 Å². The van der Waals surface area contributed by atoms with Crippen molar-refractivity contribution in [2.24, 2.45) is 5.73 Å². The van der Waals surface area contributed by atoms with E-state index in [0.717, 1.165) is 32.5 Å². The maximum atomic E-state index is 6.24. The van der Waals surface area contributed by atoms with Crippen molar-refractivity contribution < 1.29 is 0 Å². The molecule has 2 rings (SSSR count). The molecule has 0 saturated carbocycles. The summed E-state index contributed by atoms with van der Waals surface area (Å²) in [5, 5.41) is 0. The van der Waals surface area contributed by atoms with Crippen molar-refractivity contribution in [1.29, 1.82) is 0 Å². The zero-order valence-corrected chi connectivity index (χ0v) is 13.4. The molecule has 112 valence electrons. The van der Waals surface area contributed by atoms with Gasteiger partial charge in [-0.2, -0.15) is 0 Å². The Morgan fingerprint density at radius 1 is 1.20 bits per heavy atom. The molecular formula is C17H29N3. The average molecular weight is 275 g/mol. The van der Waals surface area contributed by atoms with E-state index in [1.54, 1.807) is 0 Å². The predicted molar refractivity (Wildman–Crippen MR) is 86.0 cm³/mol. The molecule has 0 bridgehead atoms. The second-order valence-corrected chi connectivity index (χ2v) is 6.45. The van der Waals surface area contributed by atoms with E-state index < -0.39 is 0 Å². The number of nitrogens with zero attached hydrogens (tertiary/aromatic N) is 2. The minimum atomic E-state index is 0.105. The first-order chi connectivity index (χ1) is 9.52. The van der Waals surface area contributed by atoms with Gasteiger partial charge in [0, 0.05) is 24.7 Å². The first-order valence-corrected chi connectivity index (χ1v) is 7.70. The summed E-state index contributed by atoms with van der Waals surface area (Å²) >= 11 is 0. The van der Waals surface area contributed by atoms with Crippen molar-refractivity contribution in [3.63, 3.8) is 0 Å². The van der Waals surface area contributed by atoms with Crippen LogP contribution >= 0.6 is 0 Å². The zero-order valence-electron chi connectivity index (χ0n) is 13.4. The number of likely N-dealkylation sites (N-methyl/N-ethyl adjacent to an activating group) is 2. The summed E-state index contributed by atoms with van der Waals surface area (Å²) in [6.07, 6.45) is 2.18. The van der Waals surface area contributed by atoms with Crippen LogP contribution in [-0.4, -0.2) is 55.1 Å². The van der Waals surface area contributed by atoms with Crippen LogP contribution in [0.15, 0.2) is 24.3 Å². The smallest absolute Gasteiger partial charge is 0.0415 e. The fourth-order valence-corrected chi connectivity index (χ4v) is 3.88. The molecule has 3 heteroatoms. The van der Waals surface area contributed by atoms with Gasteiger partial charge in [-0.3, -0.25) is 4.90 Å². The standard InChI is InChI=1S/C17H29N3/c1-5-20(14(2)12-19(3)4)17(13-18)10-15-8-6-7-9-16(15)11-17/h6-9,14H,5,10-13,18H2,1-4H3. The first-order valence-electron chi connectivity index (χ1n) is 7.70. The van der Waals surface area contributed by atoms with E-state index in [4.69, 9.17) is 5.73 Å². The molecule has 0 heterocycles. The van der Waals surface area contributed by atoms with Crippen LogP contribution in [0.2, 0.25) is 0 Å². The molecule has 0 saturated heterocycles. The lowest BCUT2D eigenvalue weighted by Crippen LogP contribution is -2.59. The number of hydrogen-bond acceptors (Lipinski definition) is 3. The normalized spacial score (nSPS) is 18.6. The molecule has 0 amide bonds. The summed E-state index contributed by atoms with van der Waals surface area (Å²) in [6.45, 7) is 7.44. The van der Waals surface area contributed by atoms with Gasteiger partial charge in [0.05, 0.1) is 0 Å². The second kappa shape index (κ2) is 6.25. The van der Waals surface area contributed by atoms with Crippen molar-refractivity contribution >= 4 is 0 Å². The minimum absolute atomic E-state index is 0.105. The SMILES string of the molecule is CCN(C(C)CN(C)C)C1(CN)Cc2ccccc2C1. The van der Waals surface area contributed by atoms with Gasteiger partial charge < -0.3 is 10.6 Å². The molecule has 1 aromatic carbocycles. The lowest BCUT2D eigenvalue weighted by molar-refractivity contribution is 0.0552. The van der Waals surface area contributed by atoms with Crippen LogP contribution in [0, 0.1) is 0 Å². The Morgan fingerprint density at radius 2 is 1.75 bits per heavy atom. The van der Waals surface area contributed by atoms with Crippen LogP contribution in [0.1, 0.15) is 25.0 Å². The van der Waals surface area contributed by atoms with Crippen LogP contribution in [0.3, 0.4) is 0 Å². The monoisotopic (exact) mass is 275 g/mol. The van der Waals surface area contributed by atoms with Gasteiger partial charge in [0.1, 0.15) is 0 Å². The highest BCUT2D eigenvalue weighted by molar-refractivity contribution is 5.36. The summed E-state index contributed by atoms with van der Waals surface area (Å²) in [5.41, 5.74) is 9.30. The summed E-state index contributed by atoms with van der Waals surface area (Å²) in [6, 6.07) is 9.33. The van der Waals surface area contributed by atoms with E-state index in [2.05, 4.69) is 62.0 Å². The third-order valence-corrected chi connectivity index (χ3v) is 4.65. The van der Waals surface area contributed by atoms with E-state index in [-0.39, 0.29) is 5.54 Å². The van der Waals surface area contributed by atoms with E-state index in [1.807, 2.05) is 0 Å². The topological polar surface area (TPSA) is 32.5 Å². The van der Waals surface area contributed by atoms with Crippen molar-refractivity contribution in [1.82, 2.24) is 9.80 Å². The second-order valence-electron chi connectivity index (χ2n) is 6.45. The predicted octanol–water partition coefficient (Wildman–Crippen LogP) is 1.75. The van der Waals surface area contributed by atoms with Crippen LogP contribution in [0.4, 0.5) is 0 Å². The number of nitrogens with two attached hydrogens (primary N) is 1. The molecule has 0 spiro atoms. The number of benzene rings is 1. The van der Waals surface area contributed by atoms with Gasteiger partial charge >= 0.3 is 0 Å². The van der Waals surface area contributed by atoms with Gasteiger partial charge in [-0.25, -0.2) is 0 Å². The van der Waals surface area contributed by atoms with Crippen molar-refractivity contribution in [3.05, 3.63) is 35.4 Å². The molecule has 0 aliphatic heterocycles. The molecule has 1 aliphatic carbocycles. The third-order valence-electron chi connectivity index (χ3n) is 4.65. The van der Waals surface area contributed by atoms with Gasteiger partial charge in [0.2, 0.25) is 0 Å². The fraction of sp³-hybridized carbons (Fsp3) is 0.647. The van der Waals surface area contributed by atoms with Gasteiger partial charge in [0.15, 0.2) is 0 Å². The Labute approximate surface area is 123 Å². The number of rotatable bonds is 6. The number of hydrogen-bond donors (Lipinski definition) is 1. The van der Waals surface area contributed by atoms with E-state index in [0.29, 0.717) is 6.04 Å². The maximum absolute atomic E-state index is 6.24. The van der Waals surface area contributed by atoms with Crippen molar-refractivity contribution in [2.45, 2.75) is 38.3 Å². The quantitative estimate of drug-likeness (QED) is 0.858. The Hall–Kier alpha value is -0.900. The Balaban J connectivity index is 2.23. The molecule has 1 aromatic rings. The summed E-state index contributed by atoms with van der Waals surface area (Å²) in [5.74, 6) is 0. The highest BCUT2D eigenvalue weighted by Crippen LogP contribution is 2.35. The molecule has 20 heavy (non-hydrogen) atoms. The zero-order chi connectivity index (χ0) is 14.8. The third kappa shape index (κ3) is 2.90. The van der Waals surface area contributed by atoms with Crippen LogP contribution < -0.4 is 5.73 Å². The van der Waals surface area contributed by atoms with Crippen molar-refractivity contribution in [2.75, 3.05) is 33.7 Å². The lowest BCUT2D eigenvalue weighted by Gasteiger charge is -2.44. The Kier molecular flexibility index (Phi) is 4.84. The minimum Gasteiger partial charge on any atom is -0.329 e. The van der Waals surface area contributed by atoms with Crippen LogP contribution in [0.5, 0.6) is 0 Å². The summed E-state index contributed by atoms with van der Waals surface area (Å²) in [4.78, 5) is 4.88. The van der Waals surface area contributed by atoms with Crippen LogP contribution in [0.25, 0.3) is 0 Å². The highest BCUT2D eigenvalue weighted by atomic mass is 15.3. The molecule has 3 nitrogen and oxygen atoms in total. The first kappa shape index (κ1) is 15.5. The molecular weight excluding hydrogens is 246 g/mol. The maximum Gasteiger partial charge on any atom is 0.0415 e. The molecule has 0 fully saturated rings. The summed E-state index contributed by atoms with van der Waals surface area (Å²) < 4.78 is 0.